The summed E-state index contributed by atoms with van der Waals surface area (Å²) in [5.74, 6) is 2.61. The second-order valence-corrected chi connectivity index (χ2v) is 10.2. The zero-order valence-corrected chi connectivity index (χ0v) is 17.1. The molecule has 4 aliphatic carbocycles. The highest BCUT2D eigenvalue weighted by atomic mass is 35.5. The van der Waals surface area contributed by atoms with E-state index in [0.29, 0.717) is 22.6 Å². The predicted molar refractivity (Wildman–Crippen MR) is 104 cm³/mol. The molecule has 0 N–H and O–H groups in total. The number of hydrogen-bond acceptors (Lipinski definition) is 5. The Bertz CT molecular complexity index is 892. The SMILES string of the molecule is COc1ccc2sc(C3(OC)OOC34C3CC5CC(C3)CC4C5)cc2c1Cl. The summed E-state index contributed by atoms with van der Waals surface area (Å²) in [4.78, 5) is 13.0. The Morgan fingerprint density at radius 3 is 2.30 bits per heavy atom. The van der Waals surface area contributed by atoms with Gasteiger partial charge >= 0.3 is 0 Å². The van der Waals surface area contributed by atoms with Gasteiger partial charge in [0.05, 0.1) is 17.0 Å². The maximum atomic E-state index is 6.58. The van der Waals surface area contributed by atoms with Gasteiger partial charge in [-0.1, -0.05) is 11.6 Å². The van der Waals surface area contributed by atoms with Crippen LogP contribution in [0.2, 0.25) is 5.02 Å². The van der Waals surface area contributed by atoms with E-state index < -0.39 is 5.79 Å². The third-order valence-corrected chi connectivity index (χ3v) is 9.17. The highest BCUT2D eigenvalue weighted by molar-refractivity contribution is 7.19. The largest absolute Gasteiger partial charge is 0.495 e. The molecule has 0 amide bonds. The van der Waals surface area contributed by atoms with Crippen LogP contribution in [-0.2, 0) is 20.3 Å². The maximum Gasteiger partial charge on any atom is 0.269 e. The summed E-state index contributed by atoms with van der Waals surface area (Å²) in [5.41, 5.74) is -0.355. The summed E-state index contributed by atoms with van der Waals surface area (Å²) in [5, 5.41) is 1.63. The lowest BCUT2D eigenvalue weighted by atomic mass is 9.47. The molecule has 5 fully saturated rings. The monoisotopic (exact) mass is 406 g/mol. The third-order valence-electron chi connectivity index (χ3n) is 7.59. The van der Waals surface area contributed by atoms with Crippen molar-refractivity contribution in [3.8, 4) is 5.75 Å². The summed E-state index contributed by atoms with van der Waals surface area (Å²) in [7, 11) is 3.39. The maximum absolute atomic E-state index is 6.58. The van der Waals surface area contributed by atoms with Gasteiger partial charge in [-0.05, 0) is 74.0 Å². The molecule has 2 heterocycles. The van der Waals surface area contributed by atoms with Crippen LogP contribution in [0.5, 0.6) is 5.75 Å². The van der Waals surface area contributed by atoms with Gasteiger partial charge in [0, 0.05) is 17.2 Å². The fourth-order valence-corrected chi connectivity index (χ4v) is 8.26. The van der Waals surface area contributed by atoms with E-state index in [1.54, 1.807) is 25.6 Å². The van der Waals surface area contributed by atoms with Crippen LogP contribution in [0.4, 0.5) is 0 Å². The number of rotatable bonds is 3. The molecule has 0 radical (unpaired) electrons. The zero-order chi connectivity index (χ0) is 18.4. The molecule has 4 bridgehead atoms. The molecule has 2 aromatic rings. The minimum atomic E-state index is -0.824. The summed E-state index contributed by atoms with van der Waals surface area (Å²) >= 11 is 8.26. The van der Waals surface area contributed by atoms with Gasteiger partial charge in [0.2, 0.25) is 0 Å². The molecule has 6 heteroatoms. The lowest BCUT2D eigenvalue weighted by Crippen LogP contribution is -2.76. The predicted octanol–water partition coefficient (Wildman–Crippen LogP) is 5.52. The second-order valence-electron chi connectivity index (χ2n) is 8.69. The molecular weight excluding hydrogens is 384 g/mol. The number of fused-ring (bicyclic) bond motifs is 1. The third kappa shape index (κ3) is 1.95. The minimum Gasteiger partial charge on any atom is -0.495 e. The van der Waals surface area contributed by atoms with Gasteiger partial charge in [-0.3, -0.25) is 0 Å². The molecule has 4 nitrogen and oxygen atoms in total. The van der Waals surface area contributed by atoms with Crippen LogP contribution in [0.15, 0.2) is 18.2 Å². The lowest BCUT2D eigenvalue weighted by Gasteiger charge is -2.68. The van der Waals surface area contributed by atoms with Crippen molar-refractivity contribution in [3.05, 3.63) is 28.1 Å². The summed E-state index contributed by atoms with van der Waals surface area (Å²) in [6.07, 6.45) is 6.35. The highest BCUT2D eigenvalue weighted by Gasteiger charge is 2.77. The van der Waals surface area contributed by atoms with Crippen LogP contribution < -0.4 is 4.74 Å². The molecule has 7 rings (SSSR count). The molecule has 1 aromatic heterocycles. The Morgan fingerprint density at radius 1 is 1.04 bits per heavy atom. The van der Waals surface area contributed by atoms with Crippen LogP contribution in [-0.4, -0.2) is 19.8 Å². The summed E-state index contributed by atoms with van der Waals surface area (Å²) in [6, 6.07) is 6.09. The molecule has 1 unspecified atom stereocenters. The first kappa shape index (κ1) is 17.0. The molecule has 144 valence electrons. The summed E-state index contributed by atoms with van der Waals surface area (Å²) in [6.45, 7) is 0. The van der Waals surface area contributed by atoms with Crippen molar-refractivity contribution in [1.82, 2.24) is 0 Å². The second kappa shape index (κ2) is 5.61. The molecular formula is C21H23ClO4S. The van der Waals surface area contributed by atoms with E-state index in [-0.39, 0.29) is 5.60 Å². The first-order valence-corrected chi connectivity index (χ1v) is 11.0. The fraction of sp³-hybridized carbons (Fsp3) is 0.619. The van der Waals surface area contributed by atoms with Crippen molar-refractivity contribution in [2.75, 3.05) is 14.2 Å². The van der Waals surface area contributed by atoms with Gasteiger partial charge in [0.25, 0.3) is 5.79 Å². The first-order chi connectivity index (χ1) is 13.1. The highest BCUT2D eigenvalue weighted by Crippen LogP contribution is 2.70. The molecule has 1 spiro atoms. The van der Waals surface area contributed by atoms with E-state index in [2.05, 4.69) is 12.1 Å². The molecule has 5 aliphatic rings. The average Bonchev–Trinajstić information content (AvgIpc) is 3.07. The van der Waals surface area contributed by atoms with Crippen molar-refractivity contribution in [1.29, 1.82) is 0 Å². The van der Waals surface area contributed by atoms with Gasteiger partial charge in [-0.15, -0.1) is 11.3 Å². The van der Waals surface area contributed by atoms with Crippen molar-refractivity contribution in [3.63, 3.8) is 0 Å². The van der Waals surface area contributed by atoms with Crippen LogP contribution in [0.3, 0.4) is 0 Å². The van der Waals surface area contributed by atoms with E-state index in [4.69, 9.17) is 30.8 Å². The number of hydrogen-bond donors (Lipinski definition) is 0. The van der Waals surface area contributed by atoms with Crippen LogP contribution in [0.1, 0.15) is 37.0 Å². The van der Waals surface area contributed by atoms with Crippen LogP contribution in [0, 0.1) is 23.7 Å². The first-order valence-electron chi connectivity index (χ1n) is 9.79. The minimum absolute atomic E-state index is 0.355. The normalized spacial score (nSPS) is 42.0. The Hall–Kier alpha value is -0.850. The van der Waals surface area contributed by atoms with Crippen LogP contribution >= 0.6 is 22.9 Å². The van der Waals surface area contributed by atoms with Gasteiger partial charge in [0.15, 0.2) is 5.60 Å². The number of ether oxygens (including phenoxy) is 2. The number of halogens is 1. The topological polar surface area (TPSA) is 36.9 Å². The Kier molecular flexibility index (Phi) is 3.54. The molecule has 1 aromatic carbocycles. The number of methoxy groups -OCH3 is 2. The van der Waals surface area contributed by atoms with E-state index >= 15 is 0 Å². The molecule has 1 aliphatic heterocycles. The van der Waals surface area contributed by atoms with Crippen molar-refractivity contribution < 1.29 is 19.2 Å². The van der Waals surface area contributed by atoms with Crippen molar-refractivity contribution >= 4 is 33.0 Å². The molecule has 27 heavy (non-hydrogen) atoms. The quantitative estimate of drug-likeness (QED) is 0.629. The zero-order valence-electron chi connectivity index (χ0n) is 15.5. The lowest BCUT2D eigenvalue weighted by molar-refractivity contribution is -0.644. The van der Waals surface area contributed by atoms with Crippen molar-refractivity contribution in [2.45, 2.75) is 43.5 Å². The van der Waals surface area contributed by atoms with Gasteiger partial charge < -0.3 is 9.47 Å². The van der Waals surface area contributed by atoms with E-state index in [0.717, 1.165) is 26.8 Å². The smallest absolute Gasteiger partial charge is 0.269 e. The van der Waals surface area contributed by atoms with E-state index in [9.17, 15) is 0 Å². The summed E-state index contributed by atoms with van der Waals surface area (Å²) < 4.78 is 12.7. The molecule has 1 saturated heterocycles. The Balaban J connectivity index is 1.49. The average molecular weight is 407 g/mol. The molecule has 1 atom stereocenters. The number of thiophene rings is 1. The van der Waals surface area contributed by atoms with Gasteiger partial charge in [-0.25, -0.2) is 4.89 Å². The van der Waals surface area contributed by atoms with Crippen LogP contribution in [0.25, 0.3) is 10.1 Å². The molecule has 4 saturated carbocycles. The van der Waals surface area contributed by atoms with Crippen molar-refractivity contribution in [2.24, 2.45) is 23.7 Å². The Morgan fingerprint density at radius 2 is 1.74 bits per heavy atom. The van der Waals surface area contributed by atoms with Gasteiger partial charge in [0.1, 0.15) is 5.75 Å². The van der Waals surface area contributed by atoms with E-state index in [1.807, 2.05) is 6.07 Å². The van der Waals surface area contributed by atoms with E-state index in [1.165, 1.54) is 32.1 Å². The van der Waals surface area contributed by atoms with Gasteiger partial charge in [-0.2, -0.15) is 4.89 Å². The standard InChI is InChI=1S/C21H23ClO4S/c1-23-16-3-4-17-15(19(16)22)10-18(27-17)21(24-2)20(25-26-21)13-6-11-5-12(8-13)9-14(20)7-11/h3-4,10-14H,5-9H2,1-2H3. The number of benzene rings is 1. The fourth-order valence-electron chi connectivity index (χ4n) is 6.68. The Labute approximate surface area is 167 Å².